The summed E-state index contributed by atoms with van der Waals surface area (Å²) in [4.78, 5) is 8.74. The Kier molecular flexibility index (Phi) is 7.87. The van der Waals surface area contributed by atoms with Crippen molar-refractivity contribution in [3.8, 4) is 5.75 Å². The Bertz CT molecular complexity index is 1230. The molecule has 0 saturated carbocycles. The van der Waals surface area contributed by atoms with Crippen LogP contribution in [0.4, 0.5) is 23.1 Å². The first-order chi connectivity index (χ1) is 16.4. The summed E-state index contributed by atoms with van der Waals surface area (Å²) in [5, 5.41) is 10.1. The number of hydrogen-bond donors (Lipinski definition) is 3. The van der Waals surface area contributed by atoms with Crippen LogP contribution in [-0.4, -0.2) is 43.8 Å². The molecule has 0 bridgehead atoms. The first-order valence-corrected chi connectivity index (χ1v) is 13.6. The SMILES string of the molecule is CS(=O)(=O)Cc1ccccc1Nc1nc(Nc2cccc(OCCC3CCCN3)c2)ncc1Cl. The minimum Gasteiger partial charge on any atom is -0.493 e. The lowest BCUT2D eigenvalue weighted by atomic mass is 10.2. The van der Waals surface area contributed by atoms with Crippen LogP contribution < -0.4 is 20.7 Å². The van der Waals surface area contributed by atoms with Gasteiger partial charge in [-0.05, 0) is 49.6 Å². The molecule has 1 fully saturated rings. The Morgan fingerprint density at radius 2 is 2.03 bits per heavy atom. The van der Waals surface area contributed by atoms with Gasteiger partial charge in [0.1, 0.15) is 10.8 Å². The molecule has 1 atom stereocenters. The number of benzene rings is 2. The fourth-order valence-corrected chi connectivity index (χ4v) is 4.76. The minimum absolute atomic E-state index is 0.0897. The maximum Gasteiger partial charge on any atom is 0.229 e. The average molecular weight is 502 g/mol. The van der Waals surface area contributed by atoms with Gasteiger partial charge in [0.15, 0.2) is 15.7 Å². The normalized spacial score (nSPS) is 15.8. The highest BCUT2D eigenvalue weighted by atomic mass is 35.5. The van der Waals surface area contributed by atoms with Crippen LogP contribution in [0, 0.1) is 0 Å². The fourth-order valence-electron chi connectivity index (χ4n) is 3.81. The molecule has 0 aliphatic carbocycles. The number of ether oxygens (including phenoxy) is 1. The average Bonchev–Trinajstić information content (AvgIpc) is 3.30. The summed E-state index contributed by atoms with van der Waals surface area (Å²) in [6.07, 6.45) is 6.10. The number of nitrogens with one attached hydrogen (secondary N) is 3. The highest BCUT2D eigenvalue weighted by molar-refractivity contribution is 7.89. The van der Waals surface area contributed by atoms with Gasteiger partial charge in [-0.3, -0.25) is 0 Å². The van der Waals surface area contributed by atoms with E-state index in [-0.39, 0.29) is 5.75 Å². The van der Waals surface area contributed by atoms with Gasteiger partial charge in [0.05, 0.1) is 18.6 Å². The van der Waals surface area contributed by atoms with Gasteiger partial charge >= 0.3 is 0 Å². The van der Waals surface area contributed by atoms with Gasteiger partial charge in [0.2, 0.25) is 5.95 Å². The molecule has 0 radical (unpaired) electrons. The van der Waals surface area contributed by atoms with E-state index in [9.17, 15) is 8.42 Å². The molecule has 34 heavy (non-hydrogen) atoms. The molecular formula is C24H28ClN5O3S. The van der Waals surface area contributed by atoms with E-state index in [1.807, 2.05) is 30.3 Å². The monoisotopic (exact) mass is 501 g/mol. The second-order valence-corrected chi connectivity index (χ2v) is 10.9. The zero-order chi connectivity index (χ0) is 24.0. The molecule has 2 aromatic carbocycles. The number of anilines is 4. The van der Waals surface area contributed by atoms with Crippen LogP contribution in [-0.2, 0) is 15.6 Å². The Hall–Kier alpha value is -2.88. The van der Waals surface area contributed by atoms with Crippen LogP contribution in [0.2, 0.25) is 5.02 Å². The van der Waals surface area contributed by atoms with E-state index < -0.39 is 9.84 Å². The summed E-state index contributed by atoms with van der Waals surface area (Å²) < 4.78 is 29.5. The number of hydrogen-bond acceptors (Lipinski definition) is 8. The van der Waals surface area contributed by atoms with Crippen LogP contribution in [0.5, 0.6) is 5.75 Å². The van der Waals surface area contributed by atoms with Crippen molar-refractivity contribution >= 4 is 44.6 Å². The van der Waals surface area contributed by atoms with E-state index in [0.717, 1.165) is 24.4 Å². The Labute approximate surface area is 205 Å². The maximum atomic E-state index is 11.8. The molecule has 0 amide bonds. The zero-order valence-corrected chi connectivity index (χ0v) is 20.5. The molecule has 1 aliphatic heterocycles. The summed E-state index contributed by atoms with van der Waals surface area (Å²) in [7, 11) is -3.20. The van der Waals surface area contributed by atoms with Crippen LogP contribution in [0.3, 0.4) is 0 Å². The number of sulfone groups is 1. The molecule has 180 valence electrons. The fraction of sp³-hybridized carbons (Fsp3) is 0.333. The van der Waals surface area contributed by atoms with Gasteiger partial charge in [-0.25, -0.2) is 13.4 Å². The van der Waals surface area contributed by atoms with Gasteiger partial charge < -0.3 is 20.7 Å². The predicted octanol–water partition coefficient (Wildman–Crippen LogP) is 4.68. The Balaban J connectivity index is 1.44. The summed E-state index contributed by atoms with van der Waals surface area (Å²) >= 11 is 6.31. The van der Waals surface area contributed by atoms with E-state index in [1.165, 1.54) is 25.3 Å². The first-order valence-electron chi connectivity index (χ1n) is 11.1. The molecule has 1 aliphatic rings. The van der Waals surface area contributed by atoms with Crippen molar-refractivity contribution in [3.05, 3.63) is 65.3 Å². The summed E-state index contributed by atoms with van der Waals surface area (Å²) in [5.41, 5.74) is 2.03. The molecule has 1 saturated heterocycles. The topological polar surface area (TPSA) is 105 Å². The lowest BCUT2D eigenvalue weighted by Crippen LogP contribution is -2.23. The number of nitrogens with zero attached hydrogens (tertiary/aromatic N) is 2. The van der Waals surface area contributed by atoms with E-state index in [2.05, 4.69) is 25.9 Å². The van der Waals surface area contributed by atoms with Crippen molar-refractivity contribution in [3.63, 3.8) is 0 Å². The minimum atomic E-state index is -3.20. The highest BCUT2D eigenvalue weighted by Crippen LogP contribution is 2.28. The van der Waals surface area contributed by atoms with Crippen molar-refractivity contribution in [2.45, 2.75) is 31.1 Å². The van der Waals surface area contributed by atoms with Gasteiger partial charge in [0, 0.05) is 29.7 Å². The van der Waals surface area contributed by atoms with Crippen LogP contribution >= 0.6 is 11.6 Å². The molecule has 2 heterocycles. The molecule has 0 spiro atoms. The third kappa shape index (κ3) is 7.06. The molecule has 3 aromatic rings. The highest BCUT2D eigenvalue weighted by Gasteiger charge is 2.14. The standard InChI is InChI=1S/C24H28ClN5O3S/c1-34(31,32)16-17-6-2-3-10-22(17)29-23-21(25)15-27-24(30-23)28-19-7-4-9-20(14-19)33-13-11-18-8-5-12-26-18/h2-4,6-7,9-10,14-15,18,26H,5,8,11-13,16H2,1H3,(H2,27,28,29,30). The Morgan fingerprint density at radius 1 is 1.18 bits per heavy atom. The lowest BCUT2D eigenvalue weighted by Gasteiger charge is -2.14. The van der Waals surface area contributed by atoms with Crippen LogP contribution in [0.1, 0.15) is 24.8 Å². The Morgan fingerprint density at radius 3 is 2.82 bits per heavy atom. The quantitative estimate of drug-likeness (QED) is 0.367. The summed E-state index contributed by atoms with van der Waals surface area (Å²) in [5.74, 6) is 1.40. The van der Waals surface area contributed by atoms with Crippen molar-refractivity contribution in [2.24, 2.45) is 0 Å². The molecular weight excluding hydrogens is 474 g/mol. The number of para-hydroxylation sites is 1. The zero-order valence-electron chi connectivity index (χ0n) is 18.9. The van der Waals surface area contributed by atoms with Crippen LogP contribution in [0.15, 0.2) is 54.7 Å². The first kappa shape index (κ1) is 24.3. The van der Waals surface area contributed by atoms with Crippen molar-refractivity contribution < 1.29 is 13.2 Å². The predicted molar refractivity (Wildman–Crippen MR) is 136 cm³/mol. The lowest BCUT2D eigenvalue weighted by molar-refractivity contribution is 0.292. The van der Waals surface area contributed by atoms with E-state index in [1.54, 1.807) is 18.2 Å². The van der Waals surface area contributed by atoms with Crippen molar-refractivity contribution in [1.82, 2.24) is 15.3 Å². The number of halogens is 1. The molecule has 10 heteroatoms. The summed E-state index contributed by atoms with van der Waals surface area (Å²) in [6, 6.07) is 15.3. The molecule has 1 unspecified atom stereocenters. The van der Waals surface area contributed by atoms with Crippen LogP contribution in [0.25, 0.3) is 0 Å². The maximum absolute atomic E-state index is 11.8. The third-order valence-corrected chi connectivity index (χ3v) is 6.53. The van der Waals surface area contributed by atoms with Crippen molar-refractivity contribution in [1.29, 1.82) is 0 Å². The molecule has 1 aromatic heterocycles. The number of rotatable bonds is 10. The van der Waals surface area contributed by atoms with Gasteiger partial charge in [-0.1, -0.05) is 35.9 Å². The van der Waals surface area contributed by atoms with E-state index >= 15 is 0 Å². The van der Waals surface area contributed by atoms with Gasteiger partial charge in [-0.15, -0.1) is 0 Å². The molecule has 4 rings (SSSR count). The van der Waals surface area contributed by atoms with Crippen molar-refractivity contribution in [2.75, 3.05) is 30.0 Å². The second kappa shape index (κ2) is 11.0. The largest absolute Gasteiger partial charge is 0.493 e. The second-order valence-electron chi connectivity index (χ2n) is 8.33. The third-order valence-electron chi connectivity index (χ3n) is 5.42. The smallest absolute Gasteiger partial charge is 0.229 e. The van der Waals surface area contributed by atoms with Gasteiger partial charge in [-0.2, -0.15) is 4.98 Å². The van der Waals surface area contributed by atoms with E-state index in [0.29, 0.717) is 40.7 Å². The molecule has 3 N–H and O–H groups in total. The summed E-state index contributed by atoms with van der Waals surface area (Å²) in [6.45, 7) is 1.74. The molecule has 8 nitrogen and oxygen atoms in total. The van der Waals surface area contributed by atoms with Gasteiger partial charge in [0.25, 0.3) is 0 Å². The van der Waals surface area contributed by atoms with E-state index in [4.69, 9.17) is 16.3 Å². The number of aromatic nitrogens is 2.